The monoisotopic (exact) mass is 438 g/mol. The molecule has 0 aromatic heterocycles. The summed E-state index contributed by atoms with van der Waals surface area (Å²) in [6, 6.07) is 2.67. The molecule has 1 aromatic rings. The molecule has 6 unspecified atom stereocenters. The largest absolute Gasteiger partial charge is 0.380 e. The van der Waals surface area contributed by atoms with Crippen LogP contribution in [0.4, 0.5) is 0 Å². The van der Waals surface area contributed by atoms with Crippen LogP contribution in [0.15, 0.2) is 12.1 Å². The van der Waals surface area contributed by atoms with Gasteiger partial charge in [-0.25, -0.2) is 0 Å². The molecule has 2 saturated carbocycles. The number of carbonyl (C=O) groups is 6. The summed E-state index contributed by atoms with van der Waals surface area (Å²) < 4.78 is 10.7. The van der Waals surface area contributed by atoms with Crippen molar-refractivity contribution >= 4 is 34.7 Å². The molecule has 4 aliphatic rings. The van der Waals surface area contributed by atoms with Crippen LogP contribution in [0.25, 0.3) is 0 Å². The van der Waals surface area contributed by atoms with E-state index in [1.165, 1.54) is 26.4 Å². The number of benzene rings is 1. The molecule has 5 rings (SSSR count). The molecule has 0 heterocycles. The Balaban J connectivity index is 1.65. The first-order valence-electron chi connectivity index (χ1n) is 10.7. The van der Waals surface area contributed by atoms with Gasteiger partial charge >= 0.3 is 0 Å². The molecule has 0 bridgehead atoms. The minimum Gasteiger partial charge on any atom is -0.380 e. The minimum atomic E-state index is -0.833. The highest BCUT2D eigenvalue weighted by Crippen LogP contribution is 2.44. The van der Waals surface area contributed by atoms with Gasteiger partial charge in [-0.2, -0.15) is 0 Å². The topological polar surface area (TPSA) is 121 Å². The Kier molecular flexibility index (Phi) is 4.83. The van der Waals surface area contributed by atoms with Gasteiger partial charge in [0.05, 0.1) is 24.0 Å². The van der Waals surface area contributed by atoms with E-state index in [1.54, 1.807) is 0 Å². The van der Waals surface area contributed by atoms with E-state index in [2.05, 4.69) is 0 Å². The van der Waals surface area contributed by atoms with Gasteiger partial charge in [0, 0.05) is 74.0 Å². The quantitative estimate of drug-likeness (QED) is 0.684. The lowest BCUT2D eigenvalue weighted by Gasteiger charge is -2.40. The lowest BCUT2D eigenvalue weighted by Crippen LogP contribution is -2.50. The molecule has 0 aliphatic heterocycles. The molecule has 2 fully saturated rings. The van der Waals surface area contributed by atoms with Crippen LogP contribution in [0.1, 0.15) is 67.1 Å². The number of ether oxygens (including phenoxy) is 2. The summed E-state index contributed by atoms with van der Waals surface area (Å²) in [6.45, 7) is 0. The van der Waals surface area contributed by atoms with Gasteiger partial charge in [0.15, 0.2) is 23.1 Å². The number of Topliss-reactive ketones (excluding diaryl/α,β-unsaturated/α-hetero) is 6. The summed E-state index contributed by atoms with van der Waals surface area (Å²) in [5.41, 5.74) is 0.299. The lowest BCUT2D eigenvalue weighted by molar-refractivity contribution is -0.127. The van der Waals surface area contributed by atoms with E-state index in [9.17, 15) is 28.8 Å². The molecule has 0 saturated heterocycles. The van der Waals surface area contributed by atoms with Gasteiger partial charge < -0.3 is 9.47 Å². The third-order valence-corrected chi connectivity index (χ3v) is 7.53. The predicted molar refractivity (Wildman–Crippen MR) is 108 cm³/mol. The van der Waals surface area contributed by atoms with Crippen molar-refractivity contribution in [3.8, 4) is 0 Å². The van der Waals surface area contributed by atoms with Gasteiger partial charge in [0.1, 0.15) is 11.6 Å². The fourth-order valence-corrected chi connectivity index (χ4v) is 5.98. The molecule has 4 aliphatic carbocycles. The average Bonchev–Trinajstić information content (AvgIpc) is 2.78. The van der Waals surface area contributed by atoms with Gasteiger partial charge in [-0.1, -0.05) is 0 Å². The van der Waals surface area contributed by atoms with Crippen molar-refractivity contribution in [1.82, 2.24) is 0 Å². The first kappa shape index (κ1) is 21.0. The lowest BCUT2D eigenvalue weighted by atomic mass is 9.62. The Hall–Kier alpha value is -2.84. The summed E-state index contributed by atoms with van der Waals surface area (Å²) in [5, 5.41) is 0. The van der Waals surface area contributed by atoms with Gasteiger partial charge in [0.2, 0.25) is 0 Å². The Bertz CT molecular complexity index is 1030. The van der Waals surface area contributed by atoms with Crippen molar-refractivity contribution in [2.24, 2.45) is 23.7 Å². The van der Waals surface area contributed by atoms with Gasteiger partial charge in [0.25, 0.3) is 0 Å². The van der Waals surface area contributed by atoms with E-state index in [1.807, 2.05) is 0 Å². The molecule has 8 heteroatoms. The maximum atomic E-state index is 13.4. The van der Waals surface area contributed by atoms with Crippen LogP contribution in [-0.4, -0.2) is 61.1 Å². The molecule has 8 nitrogen and oxygen atoms in total. The van der Waals surface area contributed by atoms with Crippen molar-refractivity contribution in [2.45, 2.75) is 37.9 Å². The second-order valence-corrected chi connectivity index (χ2v) is 9.11. The van der Waals surface area contributed by atoms with Crippen LogP contribution < -0.4 is 0 Å². The number of hydrogen-bond donors (Lipinski definition) is 0. The van der Waals surface area contributed by atoms with Crippen LogP contribution in [0, 0.1) is 23.7 Å². The summed E-state index contributed by atoms with van der Waals surface area (Å²) in [4.78, 5) is 77.6. The molecule has 0 radical (unpaired) electrons. The molecule has 6 atom stereocenters. The Morgan fingerprint density at radius 1 is 0.562 bits per heavy atom. The van der Waals surface area contributed by atoms with Crippen molar-refractivity contribution in [2.75, 3.05) is 14.2 Å². The van der Waals surface area contributed by atoms with E-state index in [0.717, 1.165) is 0 Å². The van der Waals surface area contributed by atoms with E-state index >= 15 is 0 Å². The van der Waals surface area contributed by atoms with Crippen molar-refractivity contribution in [3.05, 3.63) is 34.4 Å². The van der Waals surface area contributed by atoms with Gasteiger partial charge in [-0.15, -0.1) is 0 Å². The van der Waals surface area contributed by atoms with Crippen LogP contribution in [0.5, 0.6) is 0 Å². The number of carbonyl (C=O) groups excluding carboxylic acids is 6. The van der Waals surface area contributed by atoms with E-state index in [0.29, 0.717) is 0 Å². The number of methoxy groups -OCH3 is 2. The fraction of sp³-hybridized carbons (Fsp3) is 0.500. The zero-order chi connectivity index (χ0) is 22.9. The SMILES string of the molecule is COC1CC(=O)CC2C(=O)c3cc4c(cc3C(=O)C12)C(=O)C1CC(=O)CC(OC)C1C4=O. The molecule has 166 valence electrons. The highest BCUT2D eigenvalue weighted by molar-refractivity contribution is 6.23. The van der Waals surface area contributed by atoms with Crippen LogP contribution in [-0.2, 0) is 19.1 Å². The van der Waals surface area contributed by atoms with Crippen LogP contribution in [0.2, 0.25) is 0 Å². The summed E-state index contributed by atoms with van der Waals surface area (Å²) in [6.07, 6.45) is -1.39. The molecule has 32 heavy (non-hydrogen) atoms. The Morgan fingerprint density at radius 2 is 0.906 bits per heavy atom. The Morgan fingerprint density at radius 3 is 1.25 bits per heavy atom. The van der Waals surface area contributed by atoms with E-state index in [4.69, 9.17) is 9.47 Å². The normalized spacial score (nSPS) is 34.1. The standard InChI is InChI=1S/C24H22O8/c1-31-17-5-9(25)3-15-19(17)23(29)13-7-12-14(8-11(13)21(15)27)24(30)20-16(22(12)28)4-10(26)6-18(20)32-2/h7-8,15-20H,3-6H2,1-2H3. The second-order valence-electron chi connectivity index (χ2n) is 9.11. The van der Waals surface area contributed by atoms with Gasteiger partial charge in [-0.3, -0.25) is 28.8 Å². The predicted octanol–water partition coefficient (Wildman–Crippen LogP) is 1.67. The third kappa shape index (κ3) is 2.82. The maximum absolute atomic E-state index is 13.4. The third-order valence-electron chi connectivity index (χ3n) is 7.53. The number of hydrogen-bond acceptors (Lipinski definition) is 8. The maximum Gasteiger partial charge on any atom is 0.170 e. The van der Waals surface area contributed by atoms with E-state index in [-0.39, 0.29) is 82.6 Å². The summed E-state index contributed by atoms with van der Waals surface area (Å²) >= 11 is 0. The first-order valence-corrected chi connectivity index (χ1v) is 10.7. The minimum absolute atomic E-state index is 0.0446. The first-order chi connectivity index (χ1) is 15.3. The zero-order valence-electron chi connectivity index (χ0n) is 17.7. The van der Waals surface area contributed by atoms with Crippen LogP contribution in [0.3, 0.4) is 0 Å². The highest BCUT2D eigenvalue weighted by Gasteiger charge is 2.53. The molecule has 0 N–H and O–H groups in total. The molecule has 0 spiro atoms. The molecule has 1 aromatic carbocycles. The van der Waals surface area contributed by atoms with E-state index < -0.39 is 35.9 Å². The van der Waals surface area contributed by atoms with Crippen molar-refractivity contribution in [3.63, 3.8) is 0 Å². The van der Waals surface area contributed by atoms with Crippen molar-refractivity contribution < 1.29 is 38.2 Å². The summed E-state index contributed by atoms with van der Waals surface area (Å²) in [5.74, 6) is -5.04. The molecule has 0 amide bonds. The smallest absolute Gasteiger partial charge is 0.170 e. The van der Waals surface area contributed by atoms with Crippen LogP contribution >= 0.6 is 0 Å². The number of ketones is 6. The molecular weight excluding hydrogens is 416 g/mol. The molecular formula is C24H22O8. The van der Waals surface area contributed by atoms with Crippen molar-refractivity contribution in [1.29, 1.82) is 0 Å². The Labute approximate surface area is 183 Å². The second kappa shape index (κ2) is 7.35. The number of fused-ring (bicyclic) bond motifs is 4. The average molecular weight is 438 g/mol. The zero-order valence-corrected chi connectivity index (χ0v) is 17.7. The number of rotatable bonds is 2. The van der Waals surface area contributed by atoms with Gasteiger partial charge in [-0.05, 0) is 12.1 Å². The summed E-state index contributed by atoms with van der Waals surface area (Å²) in [7, 11) is 2.80. The highest BCUT2D eigenvalue weighted by atomic mass is 16.5. The fourth-order valence-electron chi connectivity index (χ4n) is 5.98.